The summed E-state index contributed by atoms with van der Waals surface area (Å²) in [5.74, 6) is 0.365. The van der Waals surface area contributed by atoms with E-state index in [1.54, 1.807) is 0 Å². The van der Waals surface area contributed by atoms with Crippen LogP contribution in [0.4, 0.5) is 0 Å². The third kappa shape index (κ3) is 4.64. The smallest absolute Gasteiger partial charge is 0.311 e. The number of rotatable bonds is 7. The topological polar surface area (TPSA) is 46.5 Å². The fraction of sp³-hybridized carbons (Fsp3) is 0.812. The first kappa shape index (κ1) is 16.2. The number of hydrogen-bond acceptors (Lipinski definition) is 3. The maximum Gasteiger partial charge on any atom is 0.311 e. The van der Waals surface area contributed by atoms with Crippen molar-refractivity contribution < 1.29 is 14.6 Å². The summed E-state index contributed by atoms with van der Waals surface area (Å²) in [5.41, 5.74) is -1.08. The van der Waals surface area contributed by atoms with Gasteiger partial charge in [0.1, 0.15) is 0 Å². The first-order valence-electron chi connectivity index (χ1n) is 7.33. The molecule has 1 fully saturated rings. The van der Waals surface area contributed by atoms with Gasteiger partial charge in [0.15, 0.2) is 0 Å². The fourth-order valence-electron chi connectivity index (χ4n) is 2.55. The lowest BCUT2D eigenvalue weighted by atomic mass is 9.90. The molecule has 0 radical (unpaired) electrons. The lowest BCUT2D eigenvalue weighted by molar-refractivity contribution is -0.155. The summed E-state index contributed by atoms with van der Waals surface area (Å²) >= 11 is 0. The third-order valence-corrected chi connectivity index (χ3v) is 4.42. The molecule has 2 atom stereocenters. The molecule has 3 nitrogen and oxygen atoms in total. The zero-order valence-corrected chi connectivity index (χ0v) is 12.6. The zero-order chi connectivity index (χ0) is 14.5. The predicted octanol–water partition coefficient (Wildman–Crippen LogP) is 3.46. The van der Waals surface area contributed by atoms with Crippen molar-refractivity contribution >= 4 is 5.97 Å². The monoisotopic (exact) mass is 268 g/mol. The second kappa shape index (κ2) is 6.56. The van der Waals surface area contributed by atoms with E-state index in [1.165, 1.54) is 0 Å². The van der Waals surface area contributed by atoms with Gasteiger partial charge in [-0.15, -0.1) is 6.58 Å². The molecule has 1 rings (SSSR count). The molecule has 0 amide bonds. The highest BCUT2D eigenvalue weighted by atomic mass is 16.5. The maximum atomic E-state index is 11.8. The van der Waals surface area contributed by atoms with E-state index in [4.69, 9.17) is 4.74 Å². The molecule has 0 bridgehead atoms. The van der Waals surface area contributed by atoms with Crippen molar-refractivity contribution in [2.24, 2.45) is 11.3 Å². The molecule has 1 saturated carbocycles. The van der Waals surface area contributed by atoms with Crippen LogP contribution < -0.4 is 0 Å². The summed E-state index contributed by atoms with van der Waals surface area (Å²) in [6, 6.07) is 0. The molecule has 19 heavy (non-hydrogen) atoms. The number of carbonyl (C=O) groups is 1. The van der Waals surface area contributed by atoms with E-state index >= 15 is 0 Å². The van der Waals surface area contributed by atoms with Crippen LogP contribution in [0, 0.1) is 11.3 Å². The number of aliphatic hydroxyl groups is 1. The van der Waals surface area contributed by atoms with Crippen LogP contribution >= 0.6 is 0 Å². The van der Waals surface area contributed by atoms with Gasteiger partial charge in [0.2, 0.25) is 0 Å². The van der Waals surface area contributed by atoms with Gasteiger partial charge in [-0.2, -0.15) is 0 Å². The Bertz CT molecular complexity index is 322. The van der Waals surface area contributed by atoms with Crippen molar-refractivity contribution in [3.8, 4) is 0 Å². The van der Waals surface area contributed by atoms with Gasteiger partial charge in [0.05, 0.1) is 17.6 Å². The van der Waals surface area contributed by atoms with Crippen LogP contribution in [0.2, 0.25) is 0 Å². The molecule has 2 unspecified atom stereocenters. The van der Waals surface area contributed by atoms with Crippen LogP contribution in [0.3, 0.4) is 0 Å². The van der Waals surface area contributed by atoms with Gasteiger partial charge in [-0.3, -0.25) is 4.79 Å². The highest BCUT2D eigenvalue weighted by Gasteiger charge is 2.37. The molecule has 3 heteroatoms. The first-order chi connectivity index (χ1) is 8.83. The summed E-state index contributed by atoms with van der Waals surface area (Å²) in [4.78, 5) is 11.8. The quantitative estimate of drug-likeness (QED) is 0.568. The van der Waals surface area contributed by atoms with Crippen molar-refractivity contribution in [1.29, 1.82) is 0 Å². The van der Waals surface area contributed by atoms with Gasteiger partial charge in [-0.1, -0.05) is 13.0 Å². The van der Waals surface area contributed by atoms with E-state index in [0.29, 0.717) is 18.9 Å². The third-order valence-electron chi connectivity index (χ3n) is 4.42. The van der Waals surface area contributed by atoms with Crippen molar-refractivity contribution in [2.75, 3.05) is 6.61 Å². The van der Waals surface area contributed by atoms with Crippen LogP contribution in [0.1, 0.15) is 59.3 Å². The predicted molar refractivity (Wildman–Crippen MR) is 76.8 cm³/mol. The second-order valence-corrected chi connectivity index (χ2v) is 6.48. The summed E-state index contributed by atoms with van der Waals surface area (Å²) in [5, 5.41) is 10.4. The van der Waals surface area contributed by atoms with Gasteiger partial charge >= 0.3 is 5.97 Å². The average molecular weight is 268 g/mol. The minimum absolute atomic E-state index is 0.167. The van der Waals surface area contributed by atoms with Crippen LogP contribution in [-0.2, 0) is 9.53 Å². The maximum absolute atomic E-state index is 11.8. The Balaban J connectivity index is 2.33. The molecule has 0 heterocycles. The number of allylic oxidation sites excluding steroid dienone is 1. The SMILES string of the molecule is C=CCC1CCC(O)(CCOC(=O)C(C)(C)CC)C1. The van der Waals surface area contributed by atoms with Crippen LogP contribution in [0.15, 0.2) is 12.7 Å². The van der Waals surface area contributed by atoms with Gasteiger partial charge < -0.3 is 9.84 Å². The Morgan fingerprint density at radius 2 is 2.26 bits per heavy atom. The molecule has 1 aliphatic rings. The van der Waals surface area contributed by atoms with Gasteiger partial charge in [-0.05, 0) is 51.9 Å². The highest BCUT2D eigenvalue weighted by Crippen LogP contribution is 2.38. The lowest BCUT2D eigenvalue weighted by Crippen LogP contribution is -2.30. The molecule has 0 saturated heterocycles. The second-order valence-electron chi connectivity index (χ2n) is 6.48. The molecule has 0 aromatic rings. The number of hydrogen-bond donors (Lipinski definition) is 1. The highest BCUT2D eigenvalue weighted by molar-refractivity contribution is 5.75. The van der Waals surface area contributed by atoms with Crippen molar-refractivity contribution in [3.63, 3.8) is 0 Å². The van der Waals surface area contributed by atoms with E-state index in [2.05, 4.69) is 6.58 Å². The molecule has 1 N–H and O–H groups in total. The summed E-state index contributed by atoms with van der Waals surface area (Å²) in [6.45, 7) is 9.82. The standard InChI is InChI=1S/C16H28O3/c1-5-7-13-8-9-16(18,12-13)10-11-19-14(17)15(3,4)6-2/h5,13,18H,1,6-12H2,2-4H3. The number of carbonyl (C=O) groups excluding carboxylic acids is 1. The molecule has 0 aliphatic heterocycles. The first-order valence-corrected chi connectivity index (χ1v) is 7.33. The Morgan fingerprint density at radius 1 is 1.58 bits per heavy atom. The Kier molecular flexibility index (Phi) is 5.60. The van der Waals surface area contributed by atoms with E-state index in [-0.39, 0.29) is 5.97 Å². The molecular weight excluding hydrogens is 240 g/mol. The Morgan fingerprint density at radius 3 is 2.84 bits per heavy atom. The van der Waals surface area contributed by atoms with E-state index in [9.17, 15) is 9.90 Å². The van der Waals surface area contributed by atoms with Gasteiger partial charge in [0.25, 0.3) is 0 Å². The molecule has 0 aromatic carbocycles. The Hall–Kier alpha value is -0.830. The van der Waals surface area contributed by atoms with Crippen LogP contribution in [0.5, 0.6) is 0 Å². The van der Waals surface area contributed by atoms with E-state index in [0.717, 1.165) is 32.1 Å². The van der Waals surface area contributed by atoms with Crippen molar-refractivity contribution in [1.82, 2.24) is 0 Å². The fourth-order valence-corrected chi connectivity index (χ4v) is 2.55. The molecule has 0 spiro atoms. The minimum atomic E-state index is -0.648. The minimum Gasteiger partial charge on any atom is -0.465 e. The molecular formula is C16H28O3. The summed E-state index contributed by atoms with van der Waals surface area (Å²) in [6.07, 6.45) is 6.83. The summed E-state index contributed by atoms with van der Waals surface area (Å²) in [7, 11) is 0. The van der Waals surface area contributed by atoms with Crippen LogP contribution in [-0.4, -0.2) is 23.3 Å². The van der Waals surface area contributed by atoms with E-state index < -0.39 is 11.0 Å². The number of ether oxygens (including phenoxy) is 1. The normalized spacial score (nSPS) is 27.3. The van der Waals surface area contributed by atoms with Gasteiger partial charge in [0, 0.05) is 6.42 Å². The molecule has 1 aliphatic carbocycles. The van der Waals surface area contributed by atoms with Crippen LogP contribution in [0.25, 0.3) is 0 Å². The van der Waals surface area contributed by atoms with Gasteiger partial charge in [-0.25, -0.2) is 0 Å². The Labute approximate surface area is 117 Å². The lowest BCUT2D eigenvalue weighted by Gasteiger charge is -2.25. The van der Waals surface area contributed by atoms with Crippen molar-refractivity contribution in [3.05, 3.63) is 12.7 Å². The number of esters is 1. The van der Waals surface area contributed by atoms with Crippen molar-refractivity contribution in [2.45, 2.75) is 64.9 Å². The summed E-state index contributed by atoms with van der Waals surface area (Å²) < 4.78 is 5.30. The zero-order valence-electron chi connectivity index (χ0n) is 12.6. The largest absolute Gasteiger partial charge is 0.465 e. The molecule has 110 valence electrons. The average Bonchev–Trinajstić information content (AvgIpc) is 2.71. The van der Waals surface area contributed by atoms with E-state index in [1.807, 2.05) is 26.8 Å². The molecule has 0 aromatic heterocycles.